The molecule has 2 N–H and O–H groups in total. The van der Waals surface area contributed by atoms with Gasteiger partial charge in [0.05, 0.1) is 0 Å². The van der Waals surface area contributed by atoms with Crippen LogP contribution in [0.5, 0.6) is 0 Å². The van der Waals surface area contributed by atoms with Crippen LogP contribution in [0.3, 0.4) is 0 Å². The number of hydrogen-bond donors (Lipinski definition) is 2. The van der Waals surface area contributed by atoms with Crippen molar-refractivity contribution in [1.29, 1.82) is 0 Å². The molecule has 0 aliphatic carbocycles. The Hall–Kier alpha value is -1.35. The minimum Gasteiger partial charge on any atom is -0.352 e. The number of amides is 1. The van der Waals surface area contributed by atoms with Gasteiger partial charge in [0.25, 0.3) is 5.91 Å². The molecule has 0 aromatic heterocycles. The Balaban J connectivity index is 1.90. The van der Waals surface area contributed by atoms with Gasteiger partial charge in [-0.1, -0.05) is 17.2 Å². The molecular formula is C15H22N2O. The van der Waals surface area contributed by atoms with Crippen molar-refractivity contribution in [3.8, 4) is 0 Å². The van der Waals surface area contributed by atoms with Gasteiger partial charge in [-0.2, -0.15) is 0 Å². The summed E-state index contributed by atoms with van der Waals surface area (Å²) in [7, 11) is 0. The van der Waals surface area contributed by atoms with Crippen LogP contribution in [0.4, 0.5) is 0 Å². The van der Waals surface area contributed by atoms with Crippen LogP contribution in [-0.2, 0) is 0 Å². The smallest absolute Gasteiger partial charge is 0.251 e. The van der Waals surface area contributed by atoms with Crippen LogP contribution in [0.15, 0.2) is 18.2 Å². The molecule has 0 spiro atoms. The van der Waals surface area contributed by atoms with Crippen molar-refractivity contribution in [2.75, 3.05) is 19.6 Å². The van der Waals surface area contributed by atoms with Crippen molar-refractivity contribution < 1.29 is 4.79 Å². The predicted molar refractivity (Wildman–Crippen MR) is 73.8 cm³/mol. The van der Waals surface area contributed by atoms with E-state index in [1.165, 1.54) is 12.8 Å². The van der Waals surface area contributed by atoms with Gasteiger partial charge in [0.15, 0.2) is 0 Å². The van der Waals surface area contributed by atoms with E-state index in [4.69, 9.17) is 0 Å². The molecule has 1 saturated heterocycles. The van der Waals surface area contributed by atoms with Gasteiger partial charge in [0.2, 0.25) is 0 Å². The molecule has 2 rings (SSSR count). The molecule has 1 aromatic rings. The summed E-state index contributed by atoms with van der Waals surface area (Å²) in [5.41, 5.74) is 3.05. The monoisotopic (exact) mass is 246 g/mol. The maximum atomic E-state index is 12.1. The van der Waals surface area contributed by atoms with Crippen LogP contribution >= 0.6 is 0 Å². The number of carbonyl (C=O) groups is 1. The Labute approximate surface area is 109 Å². The summed E-state index contributed by atoms with van der Waals surface area (Å²) in [5, 5.41) is 6.41. The summed E-state index contributed by atoms with van der Waals surface area (Å²) in [6.07, 6.45) is 2.42. The summed E-state index contributed by atoms with van der Waals surface area (Å²) in [6.45, 7) is 6.96. The summed E-state index contributed by atoms with van der Waals surface area (Å²) in [4.78, 5) is 12.1. The normalized spacial score (nSPS) is 19.6. The van der Waals surface area contributed by atoms with Gasteiger partial charge in [0, 0.05) is 12.1 Å². The van der Waals surface area contributed by atoms with Crippen LogP contribution in [0.25, 0.3) is 0 Å². The Morgan fingerprint density at radius 3 is 2.67 bits per heavy atom. The fourth-order valence-corrected chi connectivity index (χ4v) is 2.54. The number of piperidine rings is 1. The lowest BCUT2D eigenvalue weighted by Gasteiger charge is -2.22. The van der Waals surface area contributed by atoms with Gasteiger partial charge >= 0.3 is 0 Å². The minimum atomic E-state index is 0.0485. The third-order valence-electron chi connectivity index (χ3n) is 3.43. The SMILES string of the molecule is Cc1cc(C)cc(C(=O)NC[C@@H]2CCCNC2)c1. The number of carbonyl (C=O) groups excluding carboxylic acids is 1. The standard InChI is InChI=1S/C15H22N2O/c1-11-6-12(2)8-14(7-11)15(18)17-10-13-4-3-5-16-9-13/h6-8,13,16H,3-5,9-10H2,1-2H3,(H,17,18)/t13-/m1/s1. The molecule has 0 bridgehead atoms. The van der Waals surface area contributed by atoms with Crippen molar-refractivity contribution >= 4 is 5.91 Å². The van der Waals surface area contributed by atoms with Crippen LogP contribution in [0, 0.1) is 19.8 Å². The molecule has 1 amide bonds. The van der Waals surface area contributed by atoms with E-state index >= 15 is 0 Å². The molecule has 3 heteroatoms. The van der Waals surface area contributed by atoms with Crippen molar-refractivity contribution in [1.82, 2.24) is 10.6 Å². The van der Waals surface area contributed by atoms with E-state index in [1.807, 2.05) is 26.0 Å². The van der Waals surface area contributed by atoms with E-state index in [1.54, 1.807) is 0 Å². The third kappa shape index (κ3) is 3.57. The summed E-state index contributed by atoms with van der Waals surface area (Å²) >= 11 is 0. The first-order valence-electron chi connectivity index (χ1n) is 6.72. The van der Waals surface area contributed by atoms with E-state index in [9.17, 15) is 4.79 Å². The number of benzene rings is 1. The second-order valence-electron chi connectivity index (χ2n) is 5.30. The lowest BCUT2D eigenvalue weighted by atomic mass is 9.99. The molecule has 1 aliphatic heterocycles. The highest BCUT2D eigenvalue weighted by molar-refractivity contribution is 5.94. The summed E-state index contributed by atoms with van der Waals surface area (Å²) in [5.74, 6) is 0.626. The molecule has 1 heterocycles. The summed E-state index contributed by atoms with van der Waals surface area (Å²) < 4.78 is 0. The van der Waals surface area contributed by atoms with Crippen LogP contribution in [0.2, 0.25) is 0 Å². The van der Waals surface area contributed by atoms with Crippen molar-refractivity contribution in [2.45, 2.75) is 26.7 Å². The number of aryl methyl sites for hydroxylation is 2. The summed E-state index contributed by atoms with van der Waals surface area (Å²) in [6, 6.07) is 5.98. The van der Waals surface area contributed by atoms with Gasteiger partial charge < -0.3 is 10.6 Å². The molecule has 1 fully saturated rings. The van der Waals surface area contributed by atoms with Gasteiger partial charge in [-0.25, -0.2) is 0 Å². The Morgan fingerprint density at radius 2 is 2.06 bits per heavy atom. The third-order valence-corrected chi connectivity index (χ3v) is 3.43. The first-order valence-corrected chi connectivity index (χ1v) is 6.72. The van der Waals surface area contributed by atoms with E-state index < -0.39 is 0 Å². The molecule has 98 valence electrons. The predicted octanol–water partition coefficient (Wildman–Crippen LogP) is 2.03. The maximum absolute atomic E-state index is 12.1. The lowest BCUT2D eigenvalue weighted by molar-refractivity contribution is 0.0944. The first-order chi connectivity index (χ1) is 8.65. The van der Waals surface area contributed by atoms with Gasteiger partial charge in [-0.05, 0) is 57.8 Å². The van der Waals surface area contributed by atoms with Crippen LogP contribution in [-0.4, -0.2) is 25.5 Å². The minimum absolute atomic E-state index is 0.0485. The highest BCUT2D eigenvalue weighted by atomic mass is 16.1. The topological polar surface area (TPSA) is 41.1 Å². The quantitative estimate of drug-likeness (QED) is 0.857. The van der Waals surface area contributed by atoms with Crippen molar-refractivity contribution in [2.24, 2.45) is 5.92 Å². The Morgan fingerprint density at radius 1 is 1.33 bits per heavy atom. The van der Waals surface area contributed by atoms with Crippen LogP contribution in [0.1, 0.15) is 34.3 Å². The molecule has 0 saturated carbocycles. The van der Waals surface area contributed by atoms with E-state index in [2.05, 4.69) is 16.7 Å². The maximum Gasteiger partial charge on any atom is 0.251 e. The fourth-order valence-electron chi connectivity index (χ4n) is 2.54. The number of hydrogen-bond acceptors (Lipinski definition) is 2. The number of nitrogens with one attached hydrogen (secondary N) is 2. The zero-order valence-electron chi connectivity index (χ0n) is 11.3. The molecule has 1 aliphatic rings. The second kappa shape index (κ2) is 6.01. The molecule has 18 heavy (non-hydrogen) atoms. The average Bonchev–Trinajstić information content (AvgIpc) is 2.36. The second-order valence-corrected chi connectivity index (χ2v) is 5.30. The molecule has 3 nitrogen and oxygen atoms in total. The molecule has 1 aromatic carbocycles. The largest absolute Gasteiger partial charge is 0.352 e. The van der Waals surface area contributed by atoms with E-state index in [0.717, 1.165) is 36.3 Å². The van der Waals surface area contributed by atoms with E-state index in [0.29, 0.717) is 5.92 Å². The molecule has 0 radical (unpaired) electrons. The highest BCUT2D eigenvalue weighted by Crippen LogP contribution is 2.11. The molecular weight excluding hydrogens is 224 g/mol. The van der Waals surface area contributed by atoms with Gasteiger partial charge in [-0.15, -0.1) is 0 Å². The van der Waals surface area contributed by atoms with Crippen molar-refractivity contribution in [3.63, 3.8) is 0 Å². The van der Waals surface area contributed by atoms with E-state index in [-0.39, 0.29) is 5.91 Å². The van der Waals surface area contributed by atoms with Crippen molar-refractivity contribution in [3.05, 3.63) is 34.9 Å². The molecule has 0 unspecified atom stereocenters. The number of rotatable bonds is 3. The Kier molecular flexibility index (Phi) is 4.37. The zero-order chi connectivity index (χ0) is 13.0. The Bertz CT molecular complexity index is 402. The fraction of sp³-hybridized carbons (Fsp3) is 0.533. The van der Waals surface area contributed by atoms with Gasteiger partial charge in [-0.3, -0.25) is 4.79 Å². The van der Waals surface area contributed by atoms with Crippen LogP contribution < -0.4 is 10.6 Å². The van der Waals surface area contributed by atoms with Gasteiger partial charge in [0.1, 0.15) is 0 Å². The molecule has 1 atom stereocenters. The average molecular weight is 246 g/mol. The highest BCUT2D eigenvalue weighted by Gasteiger charge is 2.14. The lowest BCUT2D eigenvalue weighted by Crippen LogP contribution is -2.38. The first kappa shape index (κ1) is 13.1. The zero-order valence-corrected chi connectivity index (χ0v) is 11.3.